The topological polar surface area (TPSA) is 66.0 Å². The van der Waals surface area contributed by atoms with E-state index in [2.05, 4.69) is 10.2 Å². The molecule has 0 saturated heterocycles. The zero-order valence-electron chi connectivity index (χ0n) is 8.21. The van der Waals surface area contributed by atoms with Crippen LogP contribution in [0.1, 0.15) is 30.3 Å². The molecule has 0 radical (unpaired) electrons. The van der Waals surface area contributed by atoms with E-state index in [0.29, 0.717) is 6.42 Å². The molecule has 2 rings (SSSR count). The molecule has 1 aromatic heterocycles. The zero-order chi connectivity index (χ0) is 10.1. The molecule has 0 spiro atoms. The first-order chi connectivity index (χ1) is 6.68. The lowest BCUT2D eigenvalue weighted by atomic mass is 10.0. The molecule has 0 aliphatic heterocycles. The van der Waals surface area contributed by atoms with Crippen molar-refractivity contribution in [3.8, 4) is 0 Å². The molecule has 0 bridgehead atoms. The molecule has 1 unspecified atom stereocenters. The van der Waals surface area contributed by atoms with Crippen molar-refractivity contribution < 1.29 is 9.90 Å². The van der Waals surface area contributed by atoms with Gasteiger partial charge >= 0.3 is 5.97 Å². The van der Waals surface area contributed by atoms with Crippen LogP contribution in [0.3, 0.4) is 0 Å². The number of aliphatic carboxylic acids is 1. The van der Waals surface area contributed by atoms with Gasteiger partial charge in [0.15, 0.2) is 0 Å². The van der Waals surface area contributed by atoms with Crippen LogP contribution in [0.25, 0.3) is 0 Å². The van der Waals surface area contributed by atoms with Crippen LogP contribution in [0.4, 0.5) is 0 Å². The second kappa shape index (κ2) is 3.44. The third kappa shape index (κ3) is 1.52. The maximum atomic E-state index is 10.7. The highest BCUT2D eigenvalue weighted by Gasteiger charge is 2.21. The van der Waals surface area contributed by atoms with Gasteiger partial charge in [0.25, 0.3) is 0 Å². The summed E-state index contributed by atoms with van der Waals surface area (Å²) in [7, 11) is 0. The van der Waals surface area contributed by atoms with E-state index in [1.807, 2.05) is 0 Å². The van der Waals surface area contributed by atoms with Crippen molar-refractivity contribution in [2.24, 2.45) is 5.92 Å². The Morgan fingerprint density at radius 1 is 1.64 bits per heavy atom. The first-order valence-electron chi connectivity index (χ1n) is 4.96. The number of aromatic amines is 1. The van der Waals surface area contributed by atoms with E-state index >= 15 is 0 Å². The van der Waals surface area contributed by atoms with Crippen LogP contribution in [0, 0.1) is 5.92 Å². The summed E-state index contributed by atoms with van der Waals surface area (Å²) in [5.41, 5.74) is 3.42. The molecule has 1 aliphatic carbocycles. The Bertz CT molecular complexity index is 357. The van der Waals surface area contributed by atoms with Crippen LogP contribution < -0.4 is 0 Å². The summed E-state index contributed by atoms with van der Waals surface area (Å²) in [5, 5.41) is 16.0. The number of rotatable bonds is 3. The average Bonchev–Trinajstić information content (AvgIpc) is 2.69. The molecule has 1 aromatic rings. The molecule has 4 nitrogen and oxygen atoms in total. The summed E-state index contributed by atoms with van der Waals surface area (Å²) in [6.07, 6.45) is 3.82. The summed E-state index contributed by atoms with van der Waals surface area (Å²) >= 11 is 0. The third-order valence-electron chi connectivity index (χ3n) is 2.81. The highest BCUT2D eigenvalue weighted by Crippen LogP contribution is 2.24. The predicted octanol–water partition coefficient (Wildman–Crippen LogP) is 1.16. The predicted molar refractivity (Wildman–Crippen MR) is 51.1 cm³/mol. The molecule has 0 amide bonds. The molecular weight excluding hydrogens is 180 g/mol. The Hall–Kier alpha value is -1.32. The zero-order valence-corrected chi connectivity index (χ0v) is 8.21. The number of H-pyrrole nitrogens is 1. The molecule has 0 saturated carbocycles. The minimum atomic E-state index is -0.750. The molecule has 2 N–H and O–H groups in total. The van der Waals surface area contributed by atoms with Crippen molar-refractivity contribution in [3.63, 3.8) is 0 Å². The van der Waals surface area contributed by atoms with E-state index in [9.17, 15) is 4.79 Å². The standard InChI is InChI=1S/C10H14N2O2/c1-6(10(13)14)5-9-7-3-2-4-8(7)11-12-9/h6H,2-5H2,1H3,(H,11,12)(H,13,14). The number of hydrogen-bond donors (Lipinski definition) is 2. The van der Waals surface area contributed by atoms with Gasteiger partial charge < -0.3 is 5.11 Å². The first kappa shape index (κ1) is 9.24. The summed E-state index contributed by atoms with van der Waals surface area (Å²) in [5.74, 6) is -1.09. The number of nitrogens with one attached hydrogen (secondary N) is 1. The highest BCUT2D eigenvalue weighted by molar-refractivity contribution is 5.69. The first-order valence-corrected chi connectivity index (χ1v) is 4.96. The largest absolute Gasteiger partial charge is 0.481 e. The van der Waals surface area contributed by atoms with E-state index in [1.165, 1.54) is 11.3 Å². The highest BCUT2D eigenvalue weighted by atomic mass is 16.4. The van der Waals surface area contributed by atoms with Crippen LogP contribution in [0.15, 0.2) is 0 Å². The number of carboxylic acid groups (broad SMARTS) is 1. The van der Waals surface area contributed by atoms with Crippen LogP contribution in [0.5, 0.6) is 0 Å². The van der Waals surface area contributed by atoms with Gasteiger partial charge in [-0.05, 0) is 24.8 Å². The number of hydrogen-bond acceptors (Lipinski definition) is 2. The molecule has 0 fully saturated rings. The number of fused-ring (bicyclic) bond motifs is 1. The minimum absolute atomic E-state index is 0.344. The Morgan fingerprint density at radius 3 is 3.14 bits per heavy atom. The Labute approximate surface area is 82.3 Å². The van der Waals surface area contributed by atoms with E-state index in [4.69, 9.17) is 5.11 Å². The summed E-state index contributed by atoms with van der Waals surface area (Å²) in [6.45, 7) is 1.72. The number of nitrogens with zero attached hydrogens (tertiary/aromatic N) is 1. The van der Waals surface area contributed by atoms with Gasteiger partial charge in [0.1, 0.15) is 0 Å². The van der Waals surface area contributed by atoms with Crippen molar-refractivity contribution in [3.05, 3.63) is 17.0 Å². The van der Waals surface area contributed by atoms with E-state index < -0.39 is 5.97 Å². The lowest BCUT2D eigenvalue weighted by Gasteiger charge is -2.03. The monoisotopic (exact) mass is 194 g/mol. The van der Waals surface area contributed by atoms with E-state index in [0.717, 1.165) is 25.0 Å². The molecular formula is C10H14N2O2. The average molecular weight is 194 g/mol. The van der Waals surface area contributed by atoms with Crippen molar-refractivity contribution in [2.75, 3.05) is 0 Å². The van der Waals surface area contributed by atoms with Crippen LogP contribution in [-0.4, -0.2) is 21.3 Å². The summed E-state index contributed by atoms with van der Waals surface area (Å²) < 4.78 is 0. The quantitative estimate of drug-likeness (QED) is 0.758. The van der Waals surface area contributed by atoms with Gasteiger partial charge in [0.05, 0.1) is 11.6 Å². The Balaban J connectivity index is 2.14. The fourth-order valence-electron chi connectivity index (χ4n) is 1.93. The fraction of sp³-hybridized carbons (Fsp3) is 0.600. The normalized spacial score (nSPS) is 16.6. The van der Waals surface area contributed by atoms with Crippen molar-refractivity contribution in [1.29, 1.82) is 0 Å². The van der Waals surface area contributed by atoms with Gasteiger partial charge in [-0.2, -0.15) is 5.10 Å². The number of aromatic nitrogens is 2. The van der Waals surface area contributed by atoms with Gasteiger partial charge in [0.2, 0.25) is 0 Å². The number of carbonyl (C=O) groups is 1. The maximum absolute atomic E-state index is 10.7. The third-order valence-corrected chi connectivity index (χ3v) is 2.81. The second-order valence-corrected chi connectivity index (χ2v) is 3.92. The molecule has 14 heavy (non-hydrogen) atoms. The molecule has 76 valence electrons. The van der Waals surface area contributed by atoms with Crippen LogP contribution in [-0.2, 0) is 24.1 Å². The lowest BCUT2D eigenvalue weighted by molar-refractivity contribution is -0.141. The van der Waals surface area contributed by atoms with Crippen LogP contribution >= 0.6 is 0 Å². The summed E-state index contributed by atoms with van der Waals surface area (Å²) in [6, 6.07) is 0. The second-order valence-electron chi connectivity index (χ2n) is 3.92. The molecule has 1 aliphatic rings. The molecule has 4 heteroatoms. The SMILES string of the molecule is CC(Cc1n[nH]c2c1CCC2)C(=O)O. The fourth-order valence-corrected chi connectivity index (χ4v) is 1.93. The smallest absolute Gasteiger partial charge is 0.306 e. The maximum Gasteiger partial charge on any atom is 0.306 e. The molecule has 1 heterocycles. The summed E-state index contributed by atoms with van der Waals surface area (Å²) in [4.78, 5) is 10.7. The van der Waals surface area contributed by atoms with Crippen molar-refractivity contribution >= 4 is 5.97 Å². The van der Waals surface area contributed by atoms with Gasteiger partial charge in [-0.3, -0.25) is 9.89 Å². The number of aryl methyl sites for hydroxylation is 1. The van der Waals surface area contributed by atoms with Gasteiger partial charge in [-0.25, -0.2) is 0 Å². The van der Waals surface area contributed by atoms with Crippen molar-refractivity contribution in [2.45, 2.75) is 32.6 Å². The van der Waals surface area contributed by atoms with Gasteiger partial charge in [-0.1, -0.05) is 6.92 Å². The van der Waals surface area contributed by atoms with Crippen molar-refractivity contribution in [1.82, 2.24) is 10.2 Å². The lowest BCUT2D eigenvalue weighted by Crippen LogP contribution is -2.13. The Morgan fingerprint density at radius 2 is 2.43 bits per heavy atom. The van der Waals surface area contributed by atoms with Crippen LogP contribution in [0.2, 0.25) is 0 Å². The number of carboxylic acids is 1. The van der Waals surface area contributed by atoms with Gasteiger partial charge in [-0.15, -0.1) is 0 Å². The minimum Gasteiger partial charge on any atom is -0.481 e. The molecule has 1 atom stereocenters. The molecule has 0 aromatic carbocycles. The Kier molecular flexibility index (Phi) is 2.27. The van der Waals surface area contributed by atoms with E-state index in [1.54, 1.807) is 6.92 Å². The van der Waals surface area contributed by atoms with Gasteiger partial charge in [0, 0.05) is 12.1 Å². The van der Waals surface area contributed by atoms with E-state index in [-0.39, 0.29) is 5.92 Å².